The van der Waals surface area contributed by atoms with Crippen LogP contribution in [0.3, 0.4) is 0 Å². The summed E-state index contributed by atoms with van der Waals surface area (Å²) in [4.78, 5) is 0. The van der Waals surface area contributed by atoms with Gasteiger partial charge in [0.2, 0.25) is 0 Å². The van der Waals surface area contributed by atoms with Crippen LogP contribution in [0.25, 0.3) is 5.69 Å². The average molecular weight is 273 g/mol. The Labute approximate surface area is 102 Å². The summed E-state index contributed by atoms with van der Waals surface area (Å²) in [6.45, 7) is 0. The molecule has 0 saturated carbocycles. The van der Waals surface area contributed by atoms with Crippen molar-refractivity contribution in [2.75, 3.05) is 7.05 Å². The molecule has 2 aromatic rings. The van der Waals surface area contributed by atoms with Crippen LogP contribution in [0.4, 0.5) is 8.78 Å². The Morgan fingerprint density at radius 1 is 1.28 bits per heavy atom. The molecule has 0 spiro atoms. The minimum atomic E-state index is -3.77. The van der Waals surface area contributed by atoms with Gasteiger partial charge in [0.15, 0.2) is 10.8 Å². The van der Waals surface area contributed by atoms with E-state index in [0.717, 1.165) is 16.8 Å². The van der Waals surface area contributed by atoms with Gasteiger partial charge in [-0.05, 0) is 25.2 Å². The maximum Gasteiger partial charge on any atom is 0.257 e. The van der Waals surface area contributed by atoms with E-state index in [1.54, 1.807) is 0 Å². The highest BCUT2D eigenvalue weighted by atomic mass is 32.2. The summed E-state index contributed by atoms with van der Waals surface area (Å²) >= 11 is 0. The van der Waals surface area contributed by atoms with Gasteiger partial charge in [0.1, 0.15) is 11.5 Å². The lowest BCUT2D eigenvalue weighted by Gasteiger charge is -2.08. The summed E-state index contributed by atoms with van der Waals surface area (Å²) in [6, 6.07) is 4.02. The number of hydrogen-bond donors (Lipinski definition) is 1. The molecule has 18 heavy (non-hydrogen) atoms. The molecule has 0 saturated heterocycles. The molecule has 0 radical (unpaired) electrons. The number of aromatic nitrogens is 2. The molecule has 8 heteroatoms. The van der Waals surface area contributed by atoms with Crippen LogP contribution in [0.2, 0.25) is 0 Å². The predicted molar refractivity (Wildman–Crippen MR) is 59.7 cm³/mol. The molecule has 0 fully saturated rings. The van der Waals surface area contributed by atoms with Crippen LogP contribution >= 0.6 is 0 Å². The first-order valence-corrected chi connectivity index (χ1v) is 6.37. The first-order chi connectivity index (χ1) is 8.45. The maximum absolute atomic E-state index is 13.6. The molecule has 0 atom stereocenters. The molecule has 0 bridgehead atoms. The van der Waals surface area contributed by atoms with Crippen LogP contribution in [-0.4, -0.2) is 25.2 Å². The number of halogens is 2. The zero-order chi connectivity index (χ0) is 13.3. The second-order valence-electron chi connectivity index (χ2n) is 3.38. The van der Waals surface area contributed by atoms with Crippen molar-refractivity contribution in [2.24, 2.45) is 0 Å². The third kappa shape index (κ3) is 2.12. The van der Waals surface area contributed by atoms with Crippen molar-refractivity contribution in [3.8, 4) is 5.69 Å². The van der Waals surface area contributed by atoms with Crippen molar-refractivity contribution in [3.05, 3.63) is 42.1 Å². The summed E-state index contributed by atoms with van der Waals surface area (Å²) in [5, 5.41) is 3.50. The van der Waals surface area contributed by atoms with Gasteiger partial charge in [0, 0.05) is 6.07 Å². The monoisotopic (exact) mass is 273 g/mol. The smallest absolute Gasteiger partial charge is 0.218 e. The molecule has 1 aromatic carbocycles. The summed E-state index contributed by atoms with van der Waals surface area (Å²) in [5.41, 5.74) is -0.143. The molecule has 96 valence electrons. The molecule has 1 aromatic heterocycles. The summed E-state index contributed by atoms with van der Waals surface area (Å²) < 4.78 is 52.7. The highest BCUT2D eigenvalue weighted by Gasteiger charge is 2.20. The first kappa shape index (κ1) is 12.7. The van der Waals surface area contributed by atoms with E-state index in [2.05, 4.69) is 9.82 Å². The molecular formula is C10H9F2N3O2S. The van der Waals surface area contributed by atoms with Crippen molar-refractivity contribution < 1.29 is 17.2 Å². The van der Waals surface area contributed by atoms with Crippen molar-refractivity contribution in [1.82, 2.24) is 14.5 Å². The SMILES string of the molecule is CNS(=O)(=O)c1ccnn1-c1ccc(F)cc1F. The highest BCUT2D eigenvalue weighted by Crippen LogP contribution is 2.18. The van der Waals surface area contributed by atoms with Crippen LogP contribution in [-0.2, 0) is 10.0 Å². The summed E-state index contributed by atoms with van der Waals surface area (Å²) in [5.74, 6) is -1.65. The van der Waals surface area contributed by atoms with Gasteiger partial charge >= 0.3 is 0 Å². The van der Waals surface area contributed by atoms with Crippen molar-refractivity contribution in [3.63, 3.8) is 0 Å². The quantitative estimate of drug-likeness (QED) is 0.909. The Morgan fingerprint density at radius 2 is 2.00 bits per heavy atom. The van der Waals surface area contributed by atoms with E-state index in [1.165, 1.54) is 19.3 Å². The molecular weight excluding hydrogens is 264 g/mol. The molecule has 0 aliphatic rings. The fourth-order valence-corrected chi connectivity index (χ4v) is 2.26. The second-order valence-corrected chi connectivity index (χ2v) is 5.22. The molecule has 0 unspecified atom stereocenters. The van der Waals surface area contributed by atoms with Crippen LogP contribution in [0.5, 0.6) is 0 Å². The molecule has 2 rings (SSSR count). The van der Waals surface area contributed by atoms with Gasteiger partial charge in [-0.3, -0.25) is 0 Å². The van der Waals surface area contributed by atoms with Crippen LogP contribution in [0.15, 0.2) is 35.5 Å². The number of rotatable bonds is 3. The number of benzene rings is 1. The highest BCUT2D eigenvalue weighted by molar-refractivity contribution is 7.89. The van der Waals surface area contributed by atoms with Gasteiger partial charge in [-0.25, -0.2) is 26.6 Å². The van der Waals surface area contributed by atoms with Gasteiger partial charge in [-0.2, -0.15) is 5.10 Å². The Balaban J connectivity index is 2.63. The van der Waals surface area contributed by atoms with Crippen LogP contribution in [0.1, 0.15) is 0 Å². The second kappa shape index (κ2) is 4.46. The molecule has 0 aliphatic heterocycles. The topological polar surface area (TPSA) is 64.0 Å². The third-order valence-corrected chi connectivity index (χ3v) is 3.69. The molecule has 0 amide bonds. The zero-order valence-corrected chi connectivity index (χ0v) is 10.1. The molecule has 0 aliphatic carbocycles. The summed E-state index contributed by atoms with van der Waals surface area (Å²) in [6.07, 6.45) is 1.22. The zero-order valence-electron chi connectivity index (χ0n) is 9.26. The van der Waals surface area contributed by atoms with Gasteiger partial charge in [0.25, 0.3) is 10.0 Å². The van der Waals surface area contributed by atoms with Gasteiger partial charge in [-0.1, -0.05) is 0 Å². The lowest BCUT2D eigenvalue weighted by Crippen LogP contribution is -2.22. The van der Waals surface area contributed by atoms with Gasteiger partial charge in [0.05, 0.1) is 6.20 Å². The molecule has 1 N–H and O–H groups in total. The van der Waals surface area contributed by atoms with Gasteiger partial charge in [-0.15, -0.1) is 0 Å². The predicted octanol–water partition coefficient (Wildman–Crippen LogP) is 1.06. The maximum atomic E-state index is 13.6. The van der Waals surface area contributed by atoms with E-state index >= 15 is 0 Å². The third-order valence-electron chi connectivity index (χ3n) is 2.29. The fraction of sp³-hybridized carbons (Fsp3) is 0.100. The Kier molecular flexibility index (Phi) is 3.14. The fourth-order valence-electron chi connectivity index (χ4n) is 1.43. The molecule has 1 heterocycles. The Bertz CT molecular complexity index is 682. The minimum Gasteiger partial charge on any atom is -0.218 e. The normalized spacial score (nSPS) is 11.7. The van der Waals surface area contributed by atoms with E-state index in [-0.39, 0.29) is 10.7 Å². The minimum absolute atomic E-state index is 0.143. The summed E-state index contributed by atoms with van der Waals surface area (Å²) in [7, 11) is -2.54. The van der Waals surface area contributed by atoms with Gasteiger partial charge < -0.3 is 0 Å². The number of sulfonamides is 1. The Hall–Kier alpha value is -1.80. The molecule has 5 nitrogen and oxygen atoms in total. The number of nitrogens with zero attached hydrogens (tertiary/aromatic N) is 2. The van der Waals surface area contributed by atoms with Crippen molar-refractivity contribution >= 4 is 10.0 Å². The Morgan fingerprint density at radius 3 is 2.61 bits per heavy atom. The van der Waals surface area contributed by atoms with E-state index in [1.807, 2.05) is 0 Å². The average Bonchev–Trinajstić information content (AvgIpc) is 2.78. The van der Waals surface area contributed by atoms with E-state index in [4.69, 9.17) is 0 Å². The van der Waals surface area contributed by atoms with Crippen LogP contribution < -0.4 is 4.72 Å². The van der Waals surface area contributed by atoms with Crippen LogP contribution in [0, 0.1) is 11.6 Å². The lowest BCUT2D eigenvalue weighted by atomic mass is 10.3. The van der Waals surface area contributed by atoms with E-state index in [9.17, 15) is 17.2 Å². The standard InChI is InChI=1S/C10H9F2N3O2S/c1-13-18(16,17)10-4-5-14-15(10)9-3-2-7(11)6-8(9)12/h2-6,13H,1H3. The van der Waals surface area contributed by atoms with E-state index < -0.39 is 21.7 Å². The lowest BCUT2D eigenvalue weighted by molar-refractivity contribution is 0.560. The van der Waals surface area contributed by atoms with E-state index in [0.29, 0.717) is 6.07 Å². The van der Waals surface area contributed by atoms with Crippen molar-refractivity contribution in [2.45, 2.75) is 5.03 Å². The first-order valence-electron chi connectivity index (χ1n) is 4.89. The number of nitrogens with one attached hydrogen (secondary N) is 1. The van der Waals surface area contributed by atoms with Crippen molar-refractivity contribution in [1.29, 1.82) is 0 Å². The largest absolute Gasteiger partial charge is 0.257 e. The number of hydrogen-bond acceptors (Lipinski definition) is 3.